The molecule has 0 aliphatic carbocycles. The number of aliphatic carboxylic acids is 1. The highest BCUT2D eigenvalue weighted by Crippen LogP contribution is 2.10. The van der Waals surface area contributed by atoms with E-state index in [1.807, 2.05) is 6.92 Å². The van der Waals surface area contributed by atoms with Gasteiger partial charge in [-0.05, 0) is 32.4 Å². The van der Waals surface area contributed by atoms with E-state index in [2.05, 4.69) is 17.1 Å². The number of carboxylic acids is 1. The first kappa shape index (κ1) is 12.5. The van der Waals surface area contributed by atoms with E-state index in [9.17, 15) is 4.79 Å². The Balaban J connectivity index is 2.39. The van der Waals surface area contributed by atoms with Crippen LogP contribution < -0.4 is 5.32 Å². The van der Waals surface area contributed by atoms with Crippen LogP contribution in [0.3, 0.4) is 0 Å². The third-order valence-corrected chi connectivity index (χ3v) is 3.10. The fourth-order valence-corrected chi connectivity index (χ4v) is 2.13. The van der Waals surface area contributed by atoms with Crippen LogP contribution >= 0.6 is 0 Å². The molecule has 1 aliphatic rings. The van der Waals surface area contributed by atoms with Gasteiger partial charge in [0.1, 0.15) is 6.04 Å². The number of likely N-dealkylation sites (N-methyl/N-ethyl adjacent to an activating group) is 1. The highest BCUT2D eigenvalue weighted by atomic mass is 16.4. The van der Waals surface area contributed by atoms with Crippen molar-refractivity contribution in [2.45, 2.75) is 45.2 Å². The first-order valence-electron chi connectivity index (χ1n) is 5.88. The van der Waals surface area contributed by atoms with Crippen molar-refractivity contribution in [1.29, 1.82) is 0 Å². The number of rotatable bonds is 5. The van der Waals surface area contributed by atoms with Gasteiger partial charge in [0.15, 0.2) is 0 Å². The summed E-state index contributed by atoms with van der Waals surface area (Å²) >= 11 is 0. The summed E-state index contributed by atoms with van der Waals surface area (Å²) in [5.41, 5.74) is 0. The molecule has 0 aromatic rings. The minimum absolute atomic E-state index is 0.347. The molecular weight excluding hydrogens is 192 g/mol. The van der Waals surface area contributed by atoms with Crippen molar-refractivity contribution in [2.24, 2.45) is 0 Å². The van der Waals surface area contributed by atoms with Crippen LogP contribution in [0.15, 0.2) is 0 Å². The van der Waals surface area contributed by atoms with Gasteiger partial charge in [-0.3, -0.25) is 4.79 Å². The zero-order chi connectivity index (χ0) is 11.3. The molecular formula is C11H22N2O2. The summed E-state index contributed by atoms with van der Waals surface area (Å²) in [4.78, 5) is 13.2. The van der Waals surface area contributed by atoms with E-state index in [4.69, 9.17) is 5.11 Å². The Labute approximate surface area is 91.6 Å². The molecule has 0 amide bonds. The van der Waals surface area contributed by atoms with Gasteiger partial charge in [0.05, 0.1) is 0 Å². The van der Waals surface area contributed by atoms with E-state index < -0.39 is 5.97 Å². The van der Waals surface area contributed by atoms with E-state index in [1.165, 1.54) is 6.42 Å². The molecule has 4 nitrogen and oxygen atoms in total. The van der Waals surface area contributed by atoms with E-state index in [-0.39, 0.29) is 6.04 Å². The molecule has 1 aliphatic heterocycles. The summed E-state index contributed by atoms with van der Waals surface area (Å²) < 4.78 is 0. The fourth-order valence-electron chi connectivity index (χ4n) is 2.13. The van der Waals surface area contributed by atoms with Gasteiger partial charge >= 0.3 is 5.97 Å². The van der Waals surface area contributed by atoms with Gasteiger partial charge in [-0.1, -0.05) is 13.8 Å². The lowest BCUT2D eigenvalue weighted by atomic mass is 10.0. The molecule has 2 unspecified atom stereocenters. The molecule has 0 aromatic carbocycles. The maximum atomic E-state index is 10.9. The van der Waals surface area contributed by atoms with Crippen LogP contribution in [-0.2, 0) is 4.79 Å². The maximum Gasteiger partial charge on any atom is 0.320 e. The average molecular weight is 214 g/mol. The molecule has 15 heavy (non-hydrogen) atoms. The highest BCUT2D eigenvalue weighted by Gasteiger charge is 2.23. The third kappa shape index (κ3) is 3.80. The van der Waals surface area contributed by atoms with Gasteiger partial charge in [-0.25, -0.2) is 0 Å². The number of nitrogens with zero attached hydrogens (tertiary/aromatic N) is 1. The topological polar surface area (TPSA) is 52.6 Å². The van der Waals surface area contributed by atoms with Crippen LogP contribution in [0.25, 0.3) is 0 Å². The van der Waals surface area contributed by atoms with Crippen LogP contribution in [0.5, 0.6) is 0 Å². The second-order valence-corrected chi connectivity index (χ2v) is 4.20. The van der Waals surface area contributed by atoms with E-state index >= 15 is 0 Å². The molecule has 1 rings (SSSR count). The summed E-state index contributed by atoms with van der Waals surface area (Å²) in [5.74, 6) is -0.730. The molecule has 0 spiro atoms. The van der Waals surface area contributed by atoms with Crippen molar-refractivity contribution in [3.05, 3.63) is 0 Å². The first-order chi connectivity index (χ1) is 7.17. The second-order valence-electron chi connectivity index (χ2n) is 4.20. The lowest BCUT2D eigenvalue weighted by Crippen LogP contribution is -2.51. The number of piperidine rings is 1. The van der Waals surface area contributed by atoms with E-state index in [0.717, 1.165) is 26.1 Å². The summed E-state index contributed by atoms with van der Waals surface area (Å²) in [6.45, 7) is 7.25. The van der Waals surface area contributed by atoms with Crippen LogP contribution in [0, 0.1) is 0 Å². The smallest absolute Gasteiger partial charge is 0.320 e. The molecule has 4 heteroatoms. The molecule has 1 fully saturated rings. The number of hydrogen-bond acceptors (Lipinski definition) is 3. The van der Waals surface area contributed by atoms with Gasteiger partial charge in [-0.2, -0.15) is 0 Å². The Bertz CT molecular complexity index is 209. The Morgan fingerprint density at radius 1 is 1.60 bits per heavy atom. The fraction of sp³-hybridized carbons (Fsp3) is 0.909. The minimum atomic E-state index is -0.730. The molecule has 0 bridgehead atoms. The number of hydrogen-bond donors (Lipinski definition) is 2. The highest BCUT2D eigenvalue weighted by molar-refractivity contribution is 5.73. The molecule has 2 N–H and O–H groups in total. The zero-order valence-corrected chi connectivity index (χ0v) is 9.70. The van der Waals surface area contributed by atoms with Crippen molar-refractivity contribution in [3.63, 3.8) is 0 Å². The molecule has 1 saturated heterocycles. The summed E-state index contributed by atoms with van der Waals surface area (Å²) in [7, 11) is 0. The van der Waals surface area contributed by atoms with E-state index in [1.54, 1.807) is 0 Å². The van der Waals surface area contributed by atoms with Gasteiger partial charge < -0.3 is 15.3 Å². The lowest BCUT2D eigenvalue weighted by Gasteiger charge is -2.33. The summed E-state index contributed by atoms with van der Waals surface area (Å²) in [6, 6.07) is -0.0356. The van der Waals surface area contributed by atoms with Gasteiger partial charge in [0, 0.05) is 12.6 Å². The Morgan fingerprint density at radius 2 is 2.33 bits per heavy atom. The SMILES string of the molecule is CCC(NC1CCCN(CC)C1)C(=O)O. The van der Waals surface area contributed by atoms with Crippen molar-refractivity contribution in [1.82, 2.24) is 10.2 Å². The first-order valence-corrected chi connectivity index (χ1v) is 5.88. The quantitative estimate of drug-likeness (QED) is 0.714. The van der Waals surface area contributed by atoms with Crippen molar-refractivity contribution in [3.8, 4) is 0 Å². The van der Waals surface area contributed by atoms with Crippen molar-refractivity contribution >= 4 is 5.97 Å². The Hall–Kier alpha value is -0.610. The molecule has 2 atom stereocenters. The number of carbonyl (C=O) groups is 1. The van der Waals surface area contributed by atoms with Gasteiger partial charge in [0.25, 0.3) is 0 Å². The minimum Gasteiger partial charge on any atom is -0.480 e. The predicted molar refractivity (Wildman–Crippen MR) is 60.0 cm³/mol. The van der Waals surface area contributed by atoms with Gasteiger partial charge in [0.2, 0.25) is 0 Å². The zero-order valence-electron chi connectivity index (χ0n) is 9.70. The molecule has 0 aromatic heterocycles. The molecule has 0 radical (unpaired) electrons. The maximum absolute atomic E-state index is 10.9. The standard InChI is InChI=1S/C11H22N2O2/c1-3-10(11(14)15)12-9-6-5-7-13(4-2)8-9/h9-10,12H,3-8H2,1-2H3,(H,14,15). The van der Waals surface area contributed by atoms with Crippen LogP contribution in [0.2, 0.25) is 0 Å². The van der Waals surface area contributed by atoms with Gasteiger partial charge in [-0.15, -0.1) is 0 Å². The van der Waals surface area contributed by atoms with E-state index in [0.29, 0.717) is 12.5 Å². The molecule has 88 valence electrons. The predicted octanol–water partition coefficient (Wildman–Crippen LogP) is 0.923. The van der Waals surface area contributed by atoms with Crippen LogP contribution in [0.4, 0.5) is 0 Å². The van der Waals surface area contributed by atoms with Crippen molar-refractivity contribution in [2.75, 3.05) is 19.6 Å². The number of nitrogens with one attached hydrogen (secondary N) is 1. The lowest BCUT2D eigenvalue weighted by molar-refractivity contribution is -0.139. The van der Waals surface area contributed by atoms with Crippen LogP contribution in [0.1, 0.15) is 33.1 Å². The second kappa shape index (κ2) is 6.08. The number of carboxylic acid groups (broad SMARTS) is 1. The summed E-state index contributed by atoms with van der Waals surface area (Å²) in [5, 5.41) is 12.2. The average Bonchev–Trinajstić information content (AvgIpc) is 2.25. The monoisotopic (exact) mass is 214 g/mol. The van der Waals surface area contributed by atoms with Crippen molar-refractivity contribution < 1.29 is 9.90 Å². The summed E-state index contributed by atoms with van der Waals surface area (Å²) in [6.07, 6.45) is 2.92. The number of likely N-dealkylation sites (tertiary alicyclic amines) is 1. The normalized spacial score (nSPS) is 25.1. The van der Waals surface area contributed by atoms with Crippen LogP contribution in [-0.4, -0.2) is 47.7 Å². The largest absolute Gasteiger partial charge is 0.480 e. The molecule has 0 saturated carbocycles. The Morgan fingerprint density at radius 3 is 2.87 bits per heavy atom. The third-order valence-electron chi connectivity index (χ3n) is 3.10. The Kier molecular flexibility index (Phi) is 5.05. The molecule has 1 heterocycles.